The molecular weight excluding hydrogens is 284 g/mol. The predicted octanol–water partition coefficient (Wildman–Crippen LogP) is 5.99. The third kappa shape index (κ3) is 5.62. The summed E-state index contributed by atoms with van der Waals surface area (Å²) >= 11 is 6.35. The first-order valence-electron chi connectivity index (χ1n) is 7.84. The first-order chi connectivity index (χ1) is 10.1. The SMILES string of the molecule is C/C=C\CC(C)c1cc(Cl)c(OCCC)cc1OCCC. The lowest BCUT2D eigenvalue weighted by Gasteiger charge is -2.18. The molecule has 0 spiro atoms. The third-order valence-electron chi connectivity index (χ3n) is 3.24. The van der Waals surface area contributed by atoms with E-state index in [1.807, 2.05) is 19.1 Å². The maximum atomic E-state index is 6.35. The van der Waals surface area contributed by atoms with Crippen LogP contribution in [-0.4, -0.2) is 13.2 Å². The summed E-state index contributed by atoms with van der Waals surface area (Å²) in [6, 6.07) is 3.93. The fourth-order valence-electron chi connectivity index (χ4n) is 2.06. The monoisotopic (exact) mass is 310 g/mol. The van der Waals surface area contributed by atoms with Crippen molar-refractivity contribution in [2.24, 2.45) is 0 Å². The quantitative estimate of drug-likeness (QED) is 0.522. The number of rotatable bonds is 9. The molecule has 1 atom stereocenters. The van der Waals surface area contributed by atoms with Crippen LogP contribution in [0.25, 0.3) is 0 Å². The Morgan fingerprint density at radius 1 is 1.10 bits per heavy atom. The Bertz CT molecular complexity index is 455. The summed E-state index contributed by atoms with van der Waals surface area (Å²) in [7, 11) is 0. The van der Waals surface area contributed by atoms with Gasteiger partial charge in [-0.05, 0) is 43.7 Å². The van der Waals surface area contributed by atoms with E-state index in [9.17, 15) is 0 Å². The minimum Gasteiger partial charge on any atom is -0.493 e. The molecular formula is C18H27ClO2. The number of ether oxygens (including phenoxy) is 2. The van der Waals surface area contributed by atoms with E-state index in [2.05, 4.69) is 32.9 Å². The van der Waals surface area contributed by atoms with E-state index >= 15 is 0 Å². The van der Waals surface area contributed by atoms with Crippen LogP contribution in [0.1, 0.15) is 58.4 Å². The molecule has 0 amide bonds. The Balaban J connectivity index is 3.05. The molecule has 0 bridgehead atoms. The molecule has 0 heterocycles. The van der Waals surface area contributed by atoms with Crippen LogP contribution >= 0.6 is 11.6 Å². The van der Waals surface area contributed by atoms with Gasteiger partial charge in [0.1, 0.15) is 11.5 Å². The minimum absolute atomic E-state index is 0.366. The minimum atomic E-state index is 0.366. The highest BCUT2D eigenvalue weighted by Crippen LogP contribution is 2.38. The lowest BCUT2D eigenvalue weighted by atomic mass is 9.96. The van der Waals surface area contributed by atoms with Crippen LogP contribution in [0.5, 0.6) is 11.5 Å². The van der Waals surface area contributed by atoms with Crippen molar-refractivity contribution in [2.45, 2.75) is 52.9 Å². The molecule has 21 heavy (non-hydrogen) atoms. The molecule has 1 unspecified atom stereocenters. The third-order valence-corrected chi connectivity index (χ3v) is 3.54. The van der Waals surface area contributed by atoms with Crippen molar-refractivity contribution in [3.63, 3.8) is 0 Å². The second-order valence-corrected chi connectivity index (χ2v) is 5.63. The Morgan fingerprint density at radius 2 is 1.71 bits per heavy atom. The molecule has 0 saturated heterocycles. The van der Waals surface area contributed by atoms with Crippen molar-refractivity contribution in [3.8, 4) is 11.5 Å². The van der Waals surface area contributed by atoms with Crippen LogP contribution in [0.15, 0.2) is 24.3 Å². The zero-order valence-electron chi connectivity index (χ0n) is 13.6. The van der Waals surface area contributed by atoms with Gasteiger partial charge in [0, 0.05) is 6.07 Å². The van der Waals surface area contributed by atoms with E-state index in [1.54, 1.807) is 0 Å². The van der Waals surface area contributed by atoms with Gasteiger partial charge in [-0.15, -0.1) is 0 Å². The normalized spacial score (nSPS) is 12.6. The molecule has 0 aromatic heterocycles. The largest absolute Gasteiger partial charge is 0.493 e. The molecule has 118 valence electrons. The summed E-state index contributed by atoms with van der Waals surface area (Å²) in [4.78, 5) is 0. The molecule has 1 aromatic rings. The molecule has 1 rings (SSSR count). The molecule has 1 aromatic carbocycles. The fourth-order valence-corrected chi connectivity index (χ4v) is 2.29. The van der Waals surface area contributed by atoms with Crippen LogP contribution in [0.2, 0.25) is 5.02 Å². The number of allylic oxidation sites excluding steroid dienone is 2. The molecule has 0 aliphatic heterocycles. The average Bonchev–Trinajstić information content (AvgIpc) is 2.49. The predicted molar refractivity (Wildman–Crippen MR) is 90.9 cm³/mol. The van der Waals surface area contributed by atoms with Gasteiger partial charge in [-0.3, -0.25) is 0 Å². The summed E-state index contributed by atoms with van der Waals surface area (Å²) in [6.07, 6.45) is 7.16. The summed E-state index contributed by atoms with van der Waals surface area (Å²) < 4.78 is 11.6. The first-order valence-corrected chi connectivity index (χ1v) is 8.21. The number of benzene rings is 1. The van der Waals surface area contributed by atoms with E-state index < -0.39 is 0 Å². The number of hydrogen-bond acceptors (Lipinski definition) is 2. The van der Waals surface area contributed by atoms with Gasteiger partial charge in [-0.1, -0.05) is 44.5 Å². The maximum absolute atomic E-state index is 6.35. The van der Waals surface area contributed by atoms with Gasteiger partial charge in [0.25, 0.3) is 0 Å². The second kappa shape index (κ2) is 9.73. The van der Waals surface area contributed by atoms with Crippen molar-refractivity contribution in [3.05, 3.63) is 34.9 Å². The number of halogens is 1. The van der Waals surface area contributed by atoms with Crippen molar-refractivity contribution < 1.29 is 9.47 Å². The molecule has 0 aliphatic rings. The van der Waals surface area contributed by atoms with Gasteiger partial charge in [-0.2, -0.15) is 0 Å². The van der Waals surface area contributed by atoms with Crippen LogP contribution in [-0.2, 0) is 0 Å². The van der Waals surface area contributed by atoms with Crippen molar-refractivity contribution >= 4 is 11.6 Å². The zero-order valence-corrected chi connectivity index (χ0v) is 14.4. The van der Waals surface area contributed by atoms with Crippen molar-refractivity contribution in [2.75, 3.05) is 13.2 Å². The lowest BCUT2D eigenvalue weighted by Crippen LogP contribution is -2.04. The molecule has 0 radical (unpaired) electrons. The van der Waals surface area contributed by atoms with Gasteiger partial charge in [0.15, 0.2) is 0 Å². The van der Waals surface area contributed by atoms with Gasteiger partial charge >= 0.3 is 0 Å². The highest BCUT2D eigenvalue weighted by molar-refractivity contribution is 6.32. The summed E-state index contributed by atoms with van der Waals surface area (Å²) in [6.45, 7) is 9.79. The van der Waals surface area contributed by atoms with Crippen LogP contribution in [0.4, 0.5) is 0 Å². The van der Waals surface area contributed by atoms with Gasteiger partial charge in [-0.25, -0.2) is 0 Å². The highest BCUT2D eigenvalue weighted by Gasteiger charge is 2.15. The second-order valence-electron chi connectivity index (χ2n) is 5.22. The highest BCUT2D eigenvalue weighted by atomic mass is 35.5. The Hall–Kier alpha value is -1.15. The van der Waals surface area contributed by atoms with Crippen molar-refractivity contribution in [1.29, 1.82) is 0 Å². The van der Waals surface area contributed by atoms with E-state index in [-0.39, 0.29) is 0 Å². The molecule has 0 N–H and O–H groups in total. The average molecular weight is 311 g/mol. The van der Waals surface area contributed by atoms with Crippen LogP contribution < -0.4 is 9.47 Å². The molecule has 0 aliphatic carbocycles. The van der Waals surface area contributed by atoms with E-state index in [4.69, 9.17) is 21.1 Å². The Labute approximate surface area is 134 Å². The van der Waals surface area contributed by atoms with Crippen LogP contribution in [0.3, 0.4) is 0 Å². The molecule has 0 saturated carbocycles. The lowest BCUT2D eigenvalue weighted by molar-refractivity contribution is 0.298. The van der Waals surface area contributed by atoms with Gasteiger partial charge < -0.3 is 9.47 Å². The van der Waals surface area contributed by atoms with Crippen LogP contribution in [0, 0.1) is 0 Å². The summed E-state index contributed by atoms with van der Waals surface area (Å²) in [5.74, 6) is 1.97. The topological polar surface area (TPSA) is 18.5 Å². The standard InChI is InChI=1S/C18H27ClO2/c1-5-8-9-14(4)15-12-16(19)18(21-11-7-3)13-17(15)20-10-6-2/h5,8,12-14H,6-7,9-11H2,1-4H3/b8-5-. The molecule has 3 heteroatoms. The molecule has 0 fully saturated rings. The van der Waals surface area contributed by atoms with E-state index in [0.29, 0.717) is 29.9 Å². The Kier molecular flexibility index (Phi) is 8.29. The zero-order chi connectivity index (χ0) is 15.7. The van der Waals surface area contributed by atoms with Gasteiger partial charge in [0.05, 0.1) is 18.2 Å². The summed E-state index contributed by atoms with van der Waals surface area (Å²) in [5.41, 5.74) is 1.15. The van der Waals surface area contributed by atoms with E-state index in [1.165, 1.54) is 0 Å². The smallest absolute Gasteiger partial charge is 0.141 e. The summed E-state index contributed by atoms with van der Waals surface area (Å²) in [5, 5.41) is 0.662. The first kappa shape index (κ1) is 17.9. The maximum Gasteiger partial charge on any atom is 0.141 e. The number of hydrogen-bond donors (Lipinski definition) is 0. The fraction of sp³-hybridized carbons (Fsp3) is 0.556. The van der Waals surface area contributed by atoms with Crippen molar-refractivity contribution in [1.82, 2.24) is 0 Å². The van der Waals surface area contributed by atoms with E-state index in [0.717, 1.165) is 30.6 Å². The molecule has 2 nitrogen and oxygen atoms in total. The Morgan fingerprint density at radius 3 is 2.29 bits per heavy atom. The van der Waals surface area contributed by atoms with Gasteiger partial charge in [0.2, 0.25) is 0 Å².